The maximum atomic E-state index is 10.8. The molecule has 0 bridgehead atoms. The minimum absolute atomic E-state index is 0.0148. The predicted octanol–water partition coefficient (Wildman–Crippen LogP) is 4.98. The third-order valence-electron chi connectivity index (χ3n) is 3.94. The Morgan fingerprint density at radius 3 is 2.43 bits per heavy atom. The summed E-state index contributed by atoms with van der Waals surface area (Å²) in [7, 11) is 9.87. The standard InChI is InChI=1S/C15H20N2O3.2ClH.Zr/c1-10-3-5-13(6-4-10)16-9-12-8-14(17(19)20)7-11(2)15(12)18;;;/h7-10,13,18H,3-6H2,1-2H3;2*1H;/q;;;+2/p-2. The molecule has 126 valence electrons. The van der Waals surface area contributed by atoms with Gasteiger partial charge in [-0.05, 0) is 44.1 Å². The quantitative estimate of drug-likeness (QED) is 0.411. The van der Waals surface area contributed by atoms with Gasteiger partial charge in [-0.2, -0.15) is 0 Å². The van der Waals surface area contributed by atoms with E-state index in [0.717, 1.165) is 18.8 Å². The molecule has 0 amide bonds. The van der Waals surface area contributed by atoms with Gasteiger partial charge in [-0.1, -0.05) is 6.92 Å². The Bertz CT molecular complexity index is 562. The topological polar surface area (TPSA) is 75.7 Å². The van der Waals surface area contributed by atoms with Gasteiger partial charge < -0.3 is 5.11 Å². The predicted molar refractivity (Wildman–Crippen MR) is 90.2 cm³/mol. The van der Waals surface area contributed by atoms with Crippen LogP contribution < -0.4 is 0 Å². The Kier molecular flexibility index (Phi) is 9.34. The number of rotatable bonds is 3. The van der Waals surface area contributed by atoms with Crippen LogP contribution in [-0.2, 0) is 20.8 Å². The van der Waals surface area contributed by atoms with Crippen LogP contribution in [0.3, 0.4) is 0 Å². The second-order valence-corrected chi connectivity index (χ2v) is 9.45. The van der Waals surface area contributed by atoms with Crippen LogP contribution in [0.15, 0.2) is 17.1 Å². The van der Waals surface area contributed by atoms with E-state index in [1.54, 1.807) is 13.1 Å². The van der Waals surface area contributed by atoms with E-state index in [4.69, 9.17) is 17.0 Å². The Balaban J connectivity index is 0.000000816. The average molecular weight is 438 g/mol. The summed E-state index contributed by atoms with van der Waals surface area (Å²) in [6, 6.07) is 3.01. The Hall–Kier alpha value is -0.447. The van der Waals surface area contributed by atoms with Crippen molar-refractivity contribution in [2.24, 2.45) is 10.9 Å². The zero-order valence-corrected chi connectivity index (χ0v) is 17.1. The number of aromatic hydroxyl groups is 1. The van der Waals surface area contributed by atoms with Gasteiger partial charge in [0.15, 0.2) is 0 Å². The fraction of sp³-hybridized carbons (Fsp3) is 0.533. The van der Waals surface area contributed by atoms with Crippen molar-refractivity contribution in [3.8, 4) is 5.75 Å². The normalized spacial score (nSPS) is 20.7. The number of phenols is 1. The number of aryl methyl sites for hydroxylation is 1. The van der Waals surface area contributed by atoms with E-state index in [9.17, 15) is 15.2 Å². The molecule has 1 saturated carbocycles. The van der Waals surface area contributed by atoms with E-state index < -0.39 is 25.8 Å². The third kappa shape index (κ3) is 6.90. The van der Waals surface area contributed by atoms with E-state index in [2.05, 4.69) is 11.9 Å². The summed E-state index contributed by atoms with van der Waals surface area (Å²) in [5.74, 6) is 0.832. The summed E-state index contributed by atoms with van der Waals surface area (Å²) >= 11 is -0.826. The molecule has 0 saturated heterocycles. The zero-order valence-electron chi connectivity index (χ0n) is 13.1. The monoisotopic (exact) mass is 436 g/mol. The number of hydrogen-bond acceptors (Lipinski definition) is 4. The second-order valence-electron chi connectivity index (χ2n) is 5.72. The van der Waals surface area contributed by atoms with Gasteiger partial charge in [0.1, 0.15) is 5.75 Å². The first kappa shape index (κ1) is 20.6. The summed E-state index contributed by atoms with van der Waals surface area (Å²) in [5.41, 5.74) is 0.909. The number of nitro groups is 1. The number of hydrogen-bond donors (Lipinski definition) is 1. The molecule has 0 unspecified atom stereocenters. The van der Waals surface area contributed by atoms with Gasteiger partial charge in [-0.3, -0.25) is 15.1 Å². The molecule has 1 aliphatic rings. The van der Waals surface area contributed by atoms with Crippen molar-refractivity contribution >= 4 is 28.9 Å². The Morgan fingerprint density at radius 1 is 1.35 bits per heavy atom. The van der Waals surface area contributed by atoms with Crippen LogP contribution in [0.1, 0.15) is 43.7 Å². The van der Waals surface area contributed by atoms with E-state index >= 15 is 0 Å². The summed E-state index contributed by atoms with van der Waals surface area (Å²) in [6.07, 6.45) is 6.01. The second kappa shape index (κ2) is 10.4. The third-order valence-corrected chi connectivity index (χ3v) is 3.94. The molecule has 0 spiro atoms. The molecule has 1 N–H and O–H groups in total. The van der Waals surface area contributed by atoms with Crippen LogP contribution >= 0.6 is 17.0 Å². The SMILES string of the molecule is Cc1cc([N+](=O)[O-])cc(C=NC2CCC(C)CC2)c1O.[Cl][Zr][Cl]. The van der Waals surface area contributed by atoms with Crippen LogP contribution in [0.5, 0.6) is 5.75 Å². The molecular formula is C15H20Cl2N2O3Zr. The van der Waals surface area contributed by atoms with Crippen molar-refractivity contribution in [2.75, 3.05) is 0 Å². The van der Waals surface area contributed by atoms with Gasteiger partial charge in [-0.25, -0.2) is 0 Å². The molecule has 8 heteroatoms. The molecule has 2 rings (SSSR count). The number of aliphatic imine (C=N–C) groups is 1. The molecule has 23 heavy (non-hydrogen) atoms. The van der Waals surface area contributed by atoms with Gasteiger partial charge in [0.2, 0.25) is 0 Å². The molecule has 5 nitrogen and oxygen atoms in total. The number of nitro benzene ring substituents is 1. The van der Waals surface area contributed by atoms with Crippen LogP contribution in [-0.4, -0.2) is 22.3 Å². The van der Waals surface area contributed by atoms with Gasteiger partial charge in [0.05, 0.1) is 4.92 Å². The zero-order chi connectivity index (χ0) is 17.4. The molecule has 0 aliphatic heterocycles. The summed E-state index contributed by atoms with van der Waals surface area (Å²) < 4.78 is 0. The fourth-order valence-corrected chi connectivity index (χ4v) is 2.57. The van der Waals surface area contributed by atoms with Gasteiger partial charge >= 0.3 is 37.9 Å². The van der Waals surface area contributed by atoms with Crippen molar-refractivity contribution in [1.29, 1.82) is 0 Å². The first-order chi connectivity index (χ1) is 10.9. The fourth-order valence-electron chi connectivity index (χ4n) is 2.57. The van der Waals surface area contributed by atoms with Gasteiger partial charge in [0, 0.05) is 30.0 Å². The van der Waals surface area contributed by atoms with Crippen molar-refractivity contribution in [3.05, 3.63) is 33.4 Å². The van der Waals surface area contributed by atoms with Crippen molar-refractivity contribution in [2.45, 2.75) is 45.6 Å². The molecule has 1 fully saturated rings. The first-order valence-electron chi connectivity index (χ1n) is 7.36. The minimum atomic E-state index is -0.826. The molecule has 0 atom stereocenters. The van der Waals surface area contributed by atoms with E-state index in [-0.39, 0.29) is 17.5 Å². The van der Waals surface area contributed by atoms with Gasteiger partial charge in [0.25, 0.3) is 5.69 Å². The molecule has 1 aliphatic carbocycles. The van der Waals surface area contributed by atoms with Crippen LogP contribution in [0.2, 0.25) is 0 Å². The van der Waals surface area contributed by atoms with Crippen LogP contribution in [0.4, 0.5) is 5.69 Å². The number of halogens is 2. The number of phenolic OH excluding ortho intramolecular Hbond substituents is 1. The van der Waals surface area contributed by atoms with Crippen LogP contribution in [0, 0.1) is 23.0 Å². The molecule has 1 aromatic carbocycles. The van der Waals surface area contributed by atoms with E-state index in [1.807, 2.05) is 0 Å². The number of nitrogens with zero attached hydrogens (tertiary/aromatic N) is 2. The first-order valence-corrected chi connectivity index (χ1v) is 13.7. The van der Waals surface area contributed by atoms with Gasteiger partial charge in [-0.15, -0.1) is 0 Å². The summed E-state index contributed by atoms with van der Waals surface area (Å²) in [6.45, 7) is 3.90. The average Bonchev–Trinajstić information content (AvgIpc) is 2.51. The van der Waals surface area contributed by atoms with Crippen molar-refractivity contribution < 1.29 is 30.9 Å². The molecule has 1 aromatic rings. The summed E-state index contributed by atoms with van der Waals surface area (Å²) in [5, 5.41) is 20.8. The molecule has 0 radical (unpaired) electrons. The van der Waals surface area contributed by atoms with Crippen LogP contribution in [0.25, 0.3) is 0 Å². The maximum absolute atomic E-state index is 10.8. The van der Waals surface area contributed by atoms with Crippen molar-refractivity contribution in [3.63, 3.8) is 0 Å². The Labute approximate surface area is 154 Å². The van der Waals surface area contributed by atoms with E-state index in [0.29, 0.717) is 11.1 Å². The molecule has 0 heterocycles. The van der Waals surface area contributed by atoms with E-state index in [1.165, 1.54) is 25.0 Å². The molecule has 0 aromatic heterocycles. The Morgan fingerprint density at radius 2 is 1.91 bits per heavy atom. The molecular weight excluding hydrogens is 418 g/mol. The number of benzene rings is 1. The summed E-state index contributed by atoms with van der Waals surface area (Å²) in [4.78, 5) is 14.9. The van der Waals surface area contributed by atoms with Crippen molar-refractivity contribution in [1.82, 2.24) is 0 Å². The number of non-ortho nitro benzene ring substituents is 1.